The normalized spacial score (nSPS) is 33.1. The molecule has 2 N–H and O–H groups in total. The average molecular weight is 665 g/mol. The van der Waals surface area contributed by atoms with Crippen molar-refractivity contribution in [2.24, 2.45) is 29.1 Å². The maximum absolute atomic E-state index is 15.2. The van der Waals surface area contributed by atoms with Crippen LogP contribution in [0.1, 0.15) is 46.5 Å². The Morgan fingerprint density at radius 2 is 1.98 bits per heavy atom. The van der Waals surface area contributed by atoms with Crippen LogP contribution >= 0.6 is 0 Å². The van der Waals surface area contributed by atoms with Gasteiger partial charge in [0.2, 0.25) is 17.4 Å². The molecule has 2 bridgehead atoms. The highest BCUT2D eigenvalue weighted by molar-refractivity contribution is 6.01. The van der Waals surface area contributed by atoms with Gasteiger partial charge in [0.05, 0.1) is 19.0 Å². The maximum atomic E-state index is 15.2. The summed E-state index contributed by atoms with van der Waals surface area (Å²) in [5, 5.41) is 15.2. The van der Waals surface area contributed by atoms with Crippen molar-refractivity contribution in [3.8, 4) is 11.8 Å². The van der Waals surface area contributed by atoms with E-state index in [1.807, 2.05) is 0 Å². The van der Waals surface area contributed by atoms with E-state index in [2.05, 4.69) is 21.7 Å². The topological polar surface area (TPSA) is 154 Å². The number of nitriles is 1. The predicted octanol–water partition coefficient (Wildman–Crippen LogP) is 3.19. The van der Waals surface area contributed by atoms with E-state index in [1.54, 1.807) is 32.9 Å². The summed E-state index contributed by atoms with van der Waals surface area (Å²) in [5.74, 6) is -2.79. The van der Waals surface area contributed by atoms with Crippen molar-refractivity contribution >= 4 is 29.6 Å². The molecule has 1 aromatic heterocycles. The Morgan fingerprint density at radius 3 is 2.66 bits per heavy atom. The number of aromatic nitrogens is 1. The fourth-order valence-electron chi connectivity index (χ4n) is 8.16. The third-order valence-electron chi connectivity index (χ3n) is 10.3. The Labute approximate surface area is 268 Å². The van der Waals surface area contributed by atoms with Gasteiger partial charge in [-0.25, -0.2) is 14.2 Å². The summed E-state index contributed by atoms with van der Waals surface area (Å²) in [6, 6.07) is 1.66. The number of rotatable bonds is 5. The van der Waals surface area contributed by atoms with Gasteiger partial charge in [-0.1, -0.05) is 20.8 Å². The zero-order valence-corrected chi connectivity index (χ0v) is 26.1. The molecule has 0 radical (unpaired) electrons. The number of fused-ring (bicyclic) bond motifs is 6. The number of anilines is 1. The maximum Gasteiger partial charge on any atom is 0.407 e. The number of likely N-dealkylation sites (tertiary alicyclic amines) is 2. The van der Waals surface area contributed by atoms with Gasteiger partial charge in [0.1, 0.15) is 30.9 Å². The molecule has 9 atom stereocenters. The van der Waals surface area contributed by atoms with Crippen LogP contribution < -0.4 is 15.4 Å². The van der Waals surface area contributed by atoms with Crippen molar-refractivity contribution in [2.75, 3.05) is 25.0 Å². The molecule has 2 aliphatic carbocycles. The Balaban J connectivity index is 1.29. The van der Waals surface area contributed by atoms with Gasteiger partial charge in [-0.3, -0.25) is 14.4 Å². The number of hydrogen-bond acceptors (Lipinski definition) is 8. The smallest absolute Gasteiger partial charge is 0.407 e. The van der Waals surface area contributed by atoms with E-state index in [0.717, 1.165) is 0 Å². The van der Waals surface area contributed by atoms with E-state index >= 15 is 4.39 Å². The van der Waals surface area contributed by atoms with Gasteiger partial charge in [-0.2, -0.15) is 18.4 Å². The van der Waals surface area contributed by atoms with E-state index in [0.29, 0.717) is 12.8 Å². The molecular weight excluding hydrogens is 628 g/mol. The molecule has 1 spiro atoms. The number of carbonyl (C=O) groups excluding carboxylic acids is 4. The number of alkyl carbamates (subject to hydrolysis) is 1. The summed E-state index contributed by atoms with van der Waals surface area (Å²) in [4.78, 5) is 61.4. The first-order chi connectivity index (χ1) is 22.0. The third kappa shape index (κ3) is 5.82. The molecule has 12 nitrogen and oxygen atoms in total. The molecule has 2 saturated heterocycles. The van der Waals surface area contributed by atoms with Crippen LogP contribution in [0, 0.1) is 40.4 Å². The van der Waals surface area contributed by atoms with Gasteiger partial charge in [-0.15, -0.1) is 0 Å². The van der Waals surface area contributed by atoms with Crippen LogP contribution in [-0.4, -0.2) is 94.4 Å². The number of carbonyl (C=O) groups is 4. The first kappa shape index (κ1) is 32.8. The molecule has 5 aliphatic rings. The number of nitrogens with zero attached hydrogens (tertiary/aromatic N) is 4. The molecule has 6 rings (SSSR count). The number of hydrogen-bond donors (Lipinski definition) is 2. The van der Waals surface area contributed by atoms with Gasteiger partial charge < -0.3 is 29.9 Å². The molecule has 47 heavy (non-hydrogen) atoms. The van der Waals surface area contributed by atoms with E-state index in [1.165, 1.54) is 16.0 Å². The van der Waals surface area contributed by atoms with Gasteiger partial charge in [0.15, 0.2) is 11.6 Å². The second-order valence-electron chi connectivity index (χ2n) is 14.2. The summed E-state index contributed by atoms with van der Waals surface area (Å²) in [6.07, 6.45) is -6.15. The molecule has 4 heterocycles. The van der Waals surface area contributed by atoms with Crippen molar-refractivity contribution in [1.29, 1.82) is 5.26 Å². The molecule has 16 heteroatoms. The Kier molecular flexibility index (Phi) is 8.03. The van der Waals surface area contributed by atoms with Crippen LogP contribution in [0.15, 0.2) is 18.3 Å². The fourth-order valence-corrected chi connectivity index (χ4v) is 8.16. The molecule has 0 aromatic carbocycles. The minimum Gasteiger partial charge on any atom is -0.472 e. The van der Waals surface area contributed by atoms with Crippen molar-refractivity contribution < 1.29 is 46.2 Å². The average Bonchev–Trinajstić information content (AvgIpc) is 3.74. The summed E-state index contributed by atoms with van der Waals surface area (Å²) in [7, 11) is 0. The number of alkyl halides is 4. The number of ether oxygens (including phenoxy) is 2. The highest BCUT2D eigenvalue weighted by Gasteiger charge is 2.65. The second-order valence-corrected chi connectivity index (χ2v) is 14.2. The lowest BCUT2D eigenvalue weighted by atomic mass is 9.77. The number of pyridine rings is 1. The summed E-state index contributed by atoms with van der Waals surface area (Å²) >= 11 is 0. The highest BCUT2D eigenvalue weighted by atomic mass is 19.4. The Morgan fingerprint density at radius 1 is 1.23 bits per heavy atom. The summed E-state index contributed by atoms with van der Waals surface area (Å²) in [6.45, 7) is 3.77. The van der Waals surface area contributed by atoms with Crippen molar-refractivity contribution in [2.45, 2.75) is 82.5 Å². The van der Waals surface area contributed by atoms with Crippen LogP contribution in [0.25, 0.3) is 0 Å². The molecule has 3 aliphatic heterocycles. The van der Waals surface area contributed by atoms with Crippen molar-refractivity contribution in [1.82, 2.24) is 20.1 Å². The van der Waals surface area contributed by atoms with Crippen LogP contribution in [0.3, 0.4) is 0 Å². The minimum absolute atomic E-state index is 0.0744. The van der Waals surface area contributed by atoms with Crippen LogP contribution in [-0.2, 0) is 19.1 Å². The Bertz CT molecular complexity index is 1510. The van der Waals surface area contributed by atoms with Crippen molar-refractivity contribution in [3.63, 3.8) is 0 Å². The molecule has 0 unspecified atom stereocenters. The fraction of sp³-hybridized carbons (Fsp3) is 0.677. The van der Waals surface area contributed by atoms with Crippen LogP contribution in [0.5, 0.6) is 5.75 Å². The van der Waals surface area contributed by atoms with Crippen LogP contribution in [0.2, 0.25) is 0 Å². The molecule has 4 amide bonds. The largest absolute Gasteiger partial charge is 0.472 e. The lowest BCUT2D eigenvalue weighted by Gasteiger charge is -2.38. The standard InChI is InChI=1S/C31H36F4N6O6/c1-29(2,3)23(38-28(45)46-8-6-31(33,34)35)26(43)40-13-18-15-9-17(19(32)10-15)21(18)22(40)25(42)41-14-30(11-16(41)12-36)27(44)39-24-20(47-30)5-4-7-37-24/h4-5,7,15-19,21-23H,6,8-11,13-14H2,1-3H3,(H,38,45)(H,37,39,44)/t15-,16-,17+,18+,19+,21-,22-,23+,30+/m0/s1. The third-order valence-corrected chi connectivity index (χ3v) is 10.3. The second kappa shape index (κ2) is 11.5. The first-order valence-electron chi connectivity index (χ1n) is 15.6. The minimum atomic E-state index is -4.55. The quantitative estimate of drug-likeness (QED) is 0.455. The van der Waals surface area contributed by atoms with Crippen molar-refractivity contribution in [3.05, 3.63) is 18.3 Å². The molecule has 4 fully saturated rings. The van der Waals surface area contributed by atoms with E-state index < -0.39 is 90.2 Å². The van der Waals surface area contributed by atoms with Gasteiger partial charge in [0.25, 0.3) is 5.91 Å². The molecule has 254 valence electrons. The van der Waals surface area contributed by atoms with E-state index in [-0.39, 0.29) is 42.9 Å². The summed E-state index contributed by atoms with van der Waals surface area (Å²) < 4.78 is 63.9. The first-order valence-corrected chi connectivity index (χ1v) is 15.6. The zero-order chi connectivity index (χ0) is 34.1. The number of halogens is 4. The van der Waals surface area contributed by atoms with Gasteiger partial charge in [-0.05, 0) is 54.1 Å². The number of nitrogens with one attached hydrogen (secondary N) is 2. The monoisotopic (exact) mass is 664 g/mol. The molecular formula is C31H36F4N6O6. The Hall–Kier alpha value is -4.16. The lowest BCUT2D eigenvalue weighted by Crippen LogP contribution is -2.60. The zero-order valence-electron chi connectivity index (χ0n) is 26.1. The number of amides is 4. The lowest BCUT2D eigenvalue weighted by molar-refractivity contribution is -0.149. The van der Waals surface area contributed by atoms with E-state index in [4.69, 9.17) is 9.47 Å². The van der Waals surface area contributed by atoms with E-state index in [9.17, 15) is 37.6 Å². The predicted molar refractivity (Wildman–Crippen MR) is 154 cm³/mol. The SMILES string of the molecule is CC(C)(C)[C@H](NC(=O)OCCC(F)(F)F)C(=O)N1C[C@@H]2[C@H]3C[C@@H]([C@@H]2[C@H]1C(=O)N1C[C@@]2(C[C@H]1C#N)Oc1cccnc1NC2=O)[C@H](F)C3. The van der Waals surface area contributed by atoms with Gasteiger partial charge in [0, 0.05) is 19.2 Å². The van der Waals surface area contributed by atoms with Crippen LogP contribution in [0.4, 0.5) is 28.2 Å². The van der Waals surface area contributed by atoms with Gasteiger partial charge >= 0.3 is 12.3 Å². The molecule has 1 aromatic rings. The summed E-state index contributed by atoms with van der Waals surface area (Å²) in [5.41, 5.74) is -2.58. The highest BCUT2D eigenvalue weighted by Crippen LogP contribution is 2.59. The molecule has 2 saturated carbocycles.